The Balaban J connectivity index is 0.00000336. The molecule has 0 aliphatic heterocycles. The summed E-state index contributed by atoms with van der Waals surface area (Å²) in [6.07, 6.45) is 2.41. The molecule has 1 amide bonds. The van der Waals surface area contributed by atoms with E-state index in [1.165, 1.54) is 0 Å². The summed E-state index contributed by atoms with van der Waals surface area (Å²) in [7, 11) is 3.22. The van der Waals surface area contributed by atoms with Crippen LogP contribution in [0, 0.1) is 3.57 Å². The zero-order valence-electron chi connectivity index (χ0n) is 20.4. The Kier molecular flexibility index (Phi) is 7.29. The Morgan fingerprint density at radius 3 is 2.68 bits per heavy atom. The maximum atomic E-state index is 13.7. The lowest BCUT2D eigenvalue weighted by atomic mass is 10.0. The van der Waals surface area contributed by atoms with Crippen LogP contribution in [0.15, 0.2) is 72.9 Å². The van der Waals surface area contributed by atoms with Crippen molar-refractivity contribution in [2.75, 3.05) is 20.8 Å². The molecule has 0 spiro atoms. The summed E-state index contributed by atoms with van der Waals surface area (Å²) in [5.74, 6) is 1.12. The van der Waals surface area contributed by atoms with Crippen LogP contribution < -0.4 is 14.8 Å². The minimum atomic E-state index is -0.467. The number of methoxy groups -OCH3 is 2. The Labute approximate surface area is 229 Å². The van der Waals surface area contributed by atoms with Gasteiger partial charge in [-0.3, -0.25) is 4.79 Å². The van der Waals surface area contributed by atoms with E-state index in [2.05, 4.69) is 32.9 Å². The van der Waals surface area contributed by atoms with Crippen LogP contribution in [0.5, 0.6) is 11.5 Å². The van der Waals surface area contributed by atoms with Gasteiger partial charge in [0.15, 0.2) is 0 Å². The number of rotatable bonds is 8. The van der Waals surface area contributed by atoms with Crippen molar-refractivity contribution < 1.29 is 20.8 Å². The first-order valence-corrected chi connectivity index (χ1v) is 12.9. The monoisotopic (exact) mass is 609 g/mol. The first-order valence-electron chi connectivity index (χ1n) is 11.8. The third kappa shape index (κ3) is 5.12. The van der Waals surface area contributed by atoms with Crippen molar-refractivity contribution in [3.05, 3.63) is 87.6 Å². The molecular weight excluding hydrogens is 581 g/mol. The molecule has 0 unspecified atom stereocenters. The predicted molar refractivity (Wildman–Crippen MR) is 155 cm³/mol. The molecule has 5 rings (SSSR count). The van der Waals surface area contributed by atoms with E-state index < -0.39 is 6.04 Å². The van der Waals surface area contributed by atoms with Crippen molar-refractivity contribution in [2.24, 2.45) is 0 Å². The molecule has 2 heterocycles. The Morgan fingerprint density at radius 1 is 1.08 bits per heavy atom. The van der Waals surface area contributed by atoms with Crippen LogP contribution in [0.4, 0.5) is 0 Å². The number of para-hydroxylation sites is 1. The summed E-state index contributed by atoms with van der Waals surface area (Å²) in [6, 6.07) is 20.6. The molecule has 5 aromatic rings. The van der Waals surface area contributed by atoms with E-state index >= 15 is 0 Å². The number of nitrogens with zero attached hydrogens (tertiary/aromatic N) is 1. The molecule has 190 valence electrons. The number of aromatic amines is 1. The Bertz CT molecular complexity index is 1600. The van der Waals surface area contributed by atoms with E-state index in [4.69, 9.17) is 14.5 Å². The fourth-order valence-corrected chi connectivity index (χ4v) is 5.22. The van der Waals surface area contributed by atoms with Gasteiger partial charge in [0.05, 0.1) is 47.2 Å². The topological polar surface area (TPSA) is 96.5 Å². The average Bonchev–Trinajstić information content (AvgIpc) is 3.34. The fraction of sp³-hybridized carbons (Fsp3) is 0.172. The molecule has 0 saturated heterocycles. The van der Waals surface area contributed by atoms with Crippen LogP contribution in [0.3, 0.4) is 0 Å². The third-order valence-electron chi connectivity index (χ3n) is 6.40. The van der Waals surface area contributed by atoms with Gasteiger partial charge in [0.1, 0.15) is 11.5 Å². The molecule has 37 heavy (non-hydrogen) atoms. The van der Waals surface area contributed by atoms with Crippen LogP contribution in [-0.4, -0.2) is 47.8 Å². The number of nitrogens with one attached hydrogen (secondary N) is 2. The van der Waals surface area contributed by atoms with Crippen molar-refractivity contribution in [1.29, 1.82) is 0 Å². The maximum absolute atomic E-state index is 13.7. The lowest BCUT2D eigenvalue weighted by Crippen LogP contribution is -2.39. The average molecular weight is 609 g/mol. The highest BCUT2D eigenvalue weighted by atomic mass is 127. The van der Waals surface area contributed by atoms with Gasteiger partial charge >= 0.3 is 0 Å². The van der Waals surface area contributed by atoms with E-state index in [0.717, 1.165) is 31.3 Å². The van der Waals surface area contributed by atoms with Gasteiger partial charge in [-0.25, -0.2) is 4.98 Å². The fourth-order valence-electron chi connectivity index (χ4n) is 4.48. The predicted octanol–water partition coefficient (Wildman–Crippen LogP) is 5.58. The Morgan fingerprint density at radius 2 is 1.92 bits per heavy atom. The first-order chi connectivity index (χ1) is 18.0. The highest BCUT2D eigenvalue weighted by Gasteiger charge is 2.20. The highest BCUT2D eigenvalue weighted by molar-refractivity contribution is 14.1. The number of pyridine rings is 1. The van der Waals surface area contributed by atoms with E-state index in [-0.39, 0.29) is 13.9 Å². The van der Waals surface area contributed by atoms with Crippen molar-refractivity contribution >= 4 is 50.3 Å². The minimum absolute atomic E-state index is 0. The first kappa shape index (κ1) is 25.0. The van der Waals surface area contributed by atoms with Crippen molar-refractivity contribution in [1.82, 2.24) is 15.3 Å². The highest BCUT2D eigenvalue weighted by Crippen LogP contribution is 2.31. The van der Waals surface area contributed by atoms with Gasteiger partial charge in [-0.2, -0.15) is 0 Å². The van der Waals surface area contributed by atoms with Gasteiger partial charge in [0.2, 0.25) is 0 Å². The second-order valence-corrected chi connectivity index (χ2v) is 9.87. The molecule has 0 bridgehead atoms. The number of hydrogen-bond acceptors (Lipinski definition) is 5. The number of ether oxygens (including phenoxy) is 2. The van der Waals surface area contributed by atoms with Crippen molar-refractivity contribution in [3.8, 4) is 22.8 Å². The number of fused-ring (bicyclic) bond motifs is 2. The molecule has 0 aliphatic rings. The van der Waals surface area contributed by atoms with Gasteiger partial charge in [0, 0.05) is 29.5 Å². The number of H-pyrrole nitrogens is 1. The van der Waals surface area contributed by atoms with Crippen molar-refractivity contribution in [2.45, 2.75) is 12.5 Å². The van der Waals surface area contributed by atoms with Crippen LogP contribution in [-0.2, 0) is 6.42 Å². The van der Waals surface area contributed by atoms with Gasteiger partial charge in [0.25, 0.3) is 5.91 Å². The molecule has 2 aromatic heterocycles. The van der Waals surface area contributed by atoms with Crippen LogP contribution in [0.2, 0.25) is 0 Å². The number of hydrogen-bond donors (Lipinski definition) is 3. The second-order valence-electron chi connectivity index (χ2n) is 8.70. The van der Waals surface area contributed by atoms with Crippen LogP contribution in [0.25, 0.3) is 33.1 Å². The number of carbonyl (C=O) groups excluding carboxylic acids is 1. The second kappa shape index (κ2) is 10.8. The summed E-state index contributed by atoms with van der Waals surface area (Å²) in [5, 5.41) is 14.9. The summed E-state index contributed by atoms with van der Waals surface area (Å²) in [5.41, 5.74) is 4.72. The molecule has 3 N–H and O–H groups in total. The summed E-state index contributed by atoms with van der Waals surface area (Å²) < 4.78 is 11.7. The normalized spacial score (nSPS) is 12.0. The molecular formula is C29H28IN3O4. The SMILES string of the molecule is COc1ccc2nc(-c3ccc(OC)c(I)c3)cc(C(=O)N[C@@H](CO)Cc3c[nH]c4ccccc34)c2c1.[HH]. The molecule has 7 nitrogen and oxygen atoms in total. The van der Waals surface area contributed by atoms with Gasteiger partial charge in [-0.15, -0.1) is 0 Å². The van der Waals surface area contributed by atoms with Crippen molar-refractivity contribution in [3.63, 3.8) is 0 Å². The molecule has 0 saturated carbocycles. The smallest absolute Gasteiger partial charge is 0.252 e. The summed E-state index contributed by atoms with van der Waals surface area (Å²) in [6.45, 7) is -0.193. The zero-order valence-corrected chi connectivity index (χ0v) is 22.6. The number of aliphatic hydroxyl groups excluding tert-OH is 1. The summed E-state index contributed by atoms with van der Waals surface area (Å²) >= 11 is 2.22. The number of carbonyl (C=O) groups is 1. The molecule has 1 atom stereocenters. The minimum Gasteiger partial charge on any atom is -0.497 e. The van der Waals surface area contributed by atoms with Gasteiger partial charge in [-0.1, -0.05) is 18.2 Å². The molecule has 0 fully saturated rings. The van der Waals surface area contributed by atoms with E-state index in [9.17, 15) is 9.90 Å². The number of aromatic nitrogens is 2. The number of aliphatic hydroxyl groups is 1. The van der Waals surface area contributed by atoms with E-state index in [1.807, 2.05) is 66.9 Å². The van der Waals surface area contributed by atoms with Gasteiger partial charge < -0.3 is 24.9 Å². The van der Waals surface area contributed by atoms with E-state index in [1.54, 1.807) is 20.3 Å². The van der Waals surface area contributed by atoms with E-state index in [0.29, 0.717) is 34.3 Å². The molecule has 0 aliphatic carbocycles. The summed E-state index contributed by atoms with van der Waals surface area (Å²) in [4.78, 5) is 21.7. The lowest BCUT2D eigenvalue weighted by molar-refractivity contribution is 0.0918. The Hall–Kier alpha value is -3.63. The maximum Gasteiger partial charge on any atom is 0.252 e. The molecule has 8 heteroatoms. The zero-order chi connectivity index (χ0) is 25.9. The van der Waals surface area contributed by atoms with Crippen LogP contribution in [0.1, 0.15) is 17.3 Å². The van der Waals surface area contributed by atoms with Gasteiger partial charge in [-0.05, 0) is 83.1 Å². The lowest BCUT2D eigenvalue weighted by Gasteiger charge is -2.18. The quantitative estimate of drug-likeness (QED) is 0.200. The number of amides is 1. The molecule has 0 radical (unpaired) electrons. The number of benzene rings is 3. The number of halogens is 1. The standard InChI is InChI=1S/C29H26IN3O4.H2/c1-36-20-8-9-26-22(13-20)23(14-27(33-26)17-7-10-28(37-2)24(30)12-17)29(35)32-19(16-34)11-18-15-31-25-6-4-3-5-21(18)25;/h3-10,12-15,19,31,34H,11,16H2,1-2H3,(H,32,35);1H/t19-;/m1./s1. The largest absolute Gasteiger partial charge is 0.497 e. The third-order valence-corrected chi connectivity index (χ3v) is 7.25. The van der Waals surface area contributed by atoms with Crippen LogP contribution >= 0.6 is 22.6 Å². The molecule has 3 aromatic carbocycles.